The van der Waals surface area contributed by atoms with E-state index in [2.05, 4.69) is 5.32 Å². The highest BCUT2D eigenvalue weighted by Gasteiger charge is 2.14. The van der Waals surface area contributed by atoms with Gasteiger partial charge in [0.05, 0.1) is 38.0 Å². The number of nitro benzene ring substituents is 1. The molecule has 0 spiro atoms. The summed E-state index contributed by atoms with van der Waals surface area (Å²) in [6, 6.07) is 8.81. The van der Waals surface area contributed by atoms with Crippen LogP contribution >= 0.6 is 0 Å². The average molecular weight is 416 g/mol. The van der Waals surface area contributed by atoms with Crippen molar-refractivity contribution in [2.75, 3.05) is 33.3 Å². The molecular formula is C20H20N2O8. The maximum absolute atomic E-state index is 12.0. The second-order valence-corrected chi connectivity index (χ2v) is 5.75. The van der Waals surface area contributed by atoms with Crippen LogP contribution in [0.15, 0.2) is 42.5 Å². The van der Waals surface area contributed by atoms with E-state index >= 15 is 0 Å². The summed E-state index contributed by atoms with van der Waals surface area (Å²) in [6.07, 6.45) is 2.67. The van der Waals surface area contributed by atoms with Crippen LogP contribution in [0.25, 0.3) is 6.08 Å². The molecule has 10 heteroatoms. The van der Waals surface area contributed by atoms with Crippen LogP contribution < -0.4 is 19.5 Å². The number of methoxy groups -OCH3 is 3. The Balaban J connectivity index is 1.92. The van der Waals surface area contributed by atoms with E-state index in [4.69, 9.17) is 18.9 Å². The van der Waals surface area contributed by atoms with Gasteiger partial charge in [-0.05, 0) is 29.8 Å². The van der Waals surface area contributed by atoms with Crippen LogP contribution in [0.4, 0.5) is 11.4 Å². The van der Waals surface area contributed by atoms with Gasteiger partial charge in [0.25, 0.3) is 11.6 Å². The van der Waals surface area contributed by atoms with Gasteiger partial charge < -0.3 is 24.3 Å². The summed E-state index contributed by atoms with van der Waals surface area (Å²) in [4.78, 5) is 34.1. The molecule has 0 radical (unpaired) electrons. The van der Waals surface area contributed by atoms with Crippen molar-refractivity contribution in [3.63, 3.8) is 0 Å². The first kappa shape index (κ1) is 22.2. The van der Waals surface area contributed by atoms with Crippen molar-refractivity contribution in [2.45, 2.75) is 0 Å². The summed E-state index contributed by atoms with van der Waals surface area (Å²) in [5, 5.41) is 13.3. The van der Waals surface area contributed by atoms with Crippen molar-refractivity contribution in [1.82, 2.24) is 0 Å². The Hall–Kier alpha value is -4.08. The number of anilines is 1. The standard InChI is InChI=1S/C20H20N2O8/c1-27-16-8-4-13(10-18(16)29-3)5-9-20(24)30-12-19(23)21-15-7-6-14(22(25)26)11-17(15)28-2/h4-11H,12H2,1-3H3,(H,21,23)/b9-5+. The van der Waals surface area contributed by atoms with Crippen molar-refractivity contribution >= 4 is 29.3 Å². The Kier molecular flexibility index (Phi) is 7.74. The Bertz CT molecular complexity index is 971. The van der Waals surface area contributed by atoms with Crippen molar-refractivity contribution in [2.24, 2.45) is 0 Å². The number of carbonyl (C=O) groups excluding carboxylic acids is 2. The first-order chi connectivity index (χ1) is 14.4. The molecule has 158 valence electrons. The first-order valence-electron chi connectivity index (χ1n) is 8.57. The molecule has 0 unspecified atom stereocenters. The molecule has 30 heavy (non-hydrogen) atoms. The summed E-state index contributed by atoms with van der Waals surface area (Å²) in [5.74, 6) is -0.192. The molecule has 0 aliphatic carbocycles. The van der Waals surface area contributed by atoms with Gasteiger partial charge in [0.2, 0.25) is 0 Å². The zero-order valence-electron chi connectivity index (χ0n) is 16.5. The largest absolute Gasteiger partial charge is 0.494 e. The van der Waals surface area contributed by atoms with E-state index in [1.165, 1.54) is 51.7 Å². The summed E-state index contributed by atoms with van der Waals surface area (Å²) in [5.41, 5.74) is 0.700. The van der Waals surface area contributed by atoms with Crippen LogP contribution in [0.5, 0.6) is 17.2 Å². The molecule has 1 amide bonds. The molecule has 2 aromatic carbocycles. The van der Waals surface area contributed by atoms with E-state index in [9.17, 15) is 19.7 Å². The lowest BCUT2D eigenvalue weighted by atomic mass is 10.2. The predicted molar refractivity (Wildman–Crippen MR) is 108 cm³/mol. The van der Waals surface area contributed by atoms with Crippen LogP contribution in [-0.4, -0.2) is 44.7 Å². The molecule has 2 aromatic rings. The highest BCUT2D eigenvalue weighted by atomic mass is 16.6. The van der Waals surface area contributed by atoms with Crippen molar-refractivity contribution in [3.05, 3.63) is 58.2 Å². The van der Waals surface area contributed by atoms with Crippen molar-refractivity contribution in [3.8, 4) is 17.2 Å². The third kappa shape index (κ3) is 5.96. The van der Waals surface area contributed by atoms with E-state index < -0.39 is 23.4 Å². The van der Waals surface area contributed by atoms with Gasteiger partial charge in [0.15, 0.2) is 18.1 Å². The zero-order chi connectivity index (χ0) is 22.1. The van der Waals surface area contributed by atoms with E-state index in [1.54, 1.807) is 18.2 Å². The van der Waals surface area contributed by atoms with Gasteiger partial charge in [-0.15, -0.1) is 0 Å². The number of nitrogens with one attached hydrogen (secondary N) is 1. The smallest absolute Gasteiger partial charge is 0.331 e. The minimum atomic E-state index is -0.726. The SMILES string of the molecule is COc1cc([N+](=O)[O-])ccc1NC(=O)COC(=O)/C=C/c1ccc(OC)c(OC)c1. The minimum absolute atomic E-state index is 0.109. The second-order valence-electron chi connectivity index (χ2n) is 5.75. The van der Waals surface area contributed by atoms with Crippen LogP contribution in [0.1, 0.15) is 5.56 Å². The lowest BCUT2D eigenvalue weighted by molar-refractivity contribution is -0.384. The van der Waals surface area contributed by atoms with Crippen LogP contribution in [0.2, 0.25) is 0 Å². The van der Waals surface area contributed by atoms with E-state index in [-0.39, 0.29) is 17.1 Å². The Morgan fingerprint density at radius 1 is 1.00 bits per heavy atom. The van der Waals surface area contributed by atoms with Gasteiger partial charge in [-0.1, -0.05) is 6.07 Å². The summed E-state index contributed by atoms with van der Waals surface area (Å²) in [6.45, 7) is -0.546. The maximum atomic E-state index is 12.0. The third-order valence-corrected chi connectivity index (χ3v) is 3.84. The average Bonchev–Trinajstić information content (AvgIpc) is 2.75. The number of ether oxygens (including phenoxy) is 4. The van der Waals surface area contributed by atoms with Crippen LogP contribution in [-0.2, 0) is 14.3 Å². The quantitative estimate of drug-likeness (QED) is 0.286. The summed E-state index contributed by atoms with van der Waals surface area (Å²) >= 11 is 0. The van der Waals surface area contributed by atoms with Gasteiger partial charge in [0.1, 0.15) is 5.75 Å². The molecule has 0 aliphatic heterocycles. The number of hydrogen-bond acceptors (Lipinski definition) is 8. The molecule has 0 heterocycles. The van der Waals surface area contributed by atoms with E-state index in [0.717, 1.165) is 0 Å². The van der Waals surface area contributed by atoms with Crippen LogP contribution in [0.3, 0.4) is 0 Å². The molecule has 0 bridgehead atoms. The number of non-ortho nitro benzene ring substituents is 1. The molecule has 0 fully saturated rings. The number of esters is 1. The fourth-order valence-electron chi connectivity index (χ4n) is 2.39. The van der Waals surface area contributed by atoms with Gasteiger partial charge in [-0.25, -0.2) is 4.79 Å². The Morgan fingerprint density at radius 2 is 1.70 bits per heavy atom. The lowest BCUT2D eigenvalue weighted by Crippen LogP contribution is -2.20. The number of hydrogen-bond donors (Lipinski definition) is 1. The fourth-order valence-corrected chi connectivity index (χ4v) is 2.39. The second kappa shape index (κ2) is 10.5. The zero-order valence-corrected chi connectivity index (χ0v) is 16.5. The molecular weight excluding hydrogens is 396 g/mol. The highest BCUT2D eigenvalue weighted by Crippen LogP contribution is 2.29. The number of benzene rings is 2. The maximum Gasteiger partial charge on any atom is 0.331 e. The van der Waals surface area contributed by atoms with Gasteiger partial charge in [-0.2, -0.15) is 0 Å². The third-order valence-electron chi connectivity index (χ3n) is 3.84. The van der Waals surface area contributed by atoms with Crippen molar-refractivity contribution in [1.29, 1.82) is 0 Å². The molecule has 0 saturated heterocycles. The number of nitrogens with zero attached hydrogens (tertiary/aromatic N) is 1. The van der Waals surface area contributed by atoms with Crippen molar-refractivity contribution < 1.29 is 33.5 Å². The molecule has 0 saturated carbocycles. The molecule has 1 N–H and O–H groups in total. The molecule has 2 rings (SSSR count). The highest BCUT2D eigenvalue weighted by molar-refractivity contribution is 5.95. The molecule has 0 atom stereocenters. The van der Waals surface area contributed by atoms with E-state index in [0.29, 0.717) is 17.1 Å². The van der Waals surface area contributed by atoms with Gasteiger partial charge in [-0.3, -0.25) is 14.9 Å². The summed E-state index contributed by atoms with van der Waals surface area (Å²) in [7, 11) is 4.33. The molecule has 0 aliphatic rings. The number of amides is 1. The number of carbonyl (C=O) groups is 2. The van der Waals surface area contributed by atoms with Crippen LogP contribution in [0, 0.1) is 10.1 Å². The molecule has 0 aromatic heterocycles. The lowest BCUT2D eigenvalue weighted by Gasteiger charge is -2.10. The van der Waals surface area contributed by atoms with Gasteiger partial charge in [0, 0.05) is 12.1 Å². The fraction of sp³-hybridized carbons (Fsp3) is 0.200. The minimum Gasteiger partial charge on any atom is -0.494 e. The number of nitro groups is 1. The monoisotopic (exact) mass is 416 g/mol. The summed E-state index contributed by atoms with van der Waals surface area (Å²) < 4.78 is 20.2. The van der Waals surface area contributed by atoms with Gasteiger partial charge >= 0.3 is 5.97 Å². The first-order valence-corrected chi connectivity index (χ1v) is 8.57. The van der Waals surface area contributed by atoms with E-state index in [1.807, 2.05) is 0 Å². The normalized spacial score (nSPS) is 10.4. The predicted octanol–water partition coefficient (Wildman–Crippen LogP) is 2.82. The Morgan fingerprint density at radius 3 is 2.33 bits per heavy atom. The Labute approximate surface area is 172 Å². The number of rotatable bonds is 9. The molecule has 10 nitrogen and oxygen atoms in total. The topological polar surface area (TPSA) is 126 Å².